The lowest BCUT2D eigenvalue weighted by Gasteiger charge is -2.34. The Morgan fingerprint density at radius 2 is 1.93 bits per heavy atom. The lowest BCUT2D eigenvalue weighted by Crippen LogP contribution is -2.48. The highest BCUT2D eigenvalue weighted by Crippen LogP contribution is 2.40. The number of ether oxygens (including phenoxy) is 3. The van der Waals surface area contributed by atoms with Crippen molar-refractivity contribution in [2.45, 2.75) is 32.1 Å². The third-order valence-corrected chi connectivity index (χ3v) is 5.79. The molecule has 8 heteroatoms. The van der Waals surface area contributed by atoms with E-state index in [1.165, 1.54) is 6.42 Å². The van der Waals surface area contributed by atoms with E-state index in [-0.39, 0.29) is 24.0 Å². The van der Waals surface area contributed by atoms with Crippen LogP contribution in [0.5, 0.6) is 17.2 Å². The zero-order valence-electron chi connectivity index (χ0n) is 16.9. The first-order valence-electron chi connectivity index (χ1n) is 9.11. The van der Waals surface area contributed by atoms with Gasteiger partial charge >= 0.3 is 0 Å². The maximum absolute atomic E-state index is 5.57. The minimum absolute atomic E-state index is 0. The lowest BCUT2D eigenvalue weighted by atomic mass is 10.1. The fourth-order valence-corrected chi connectivity index (χ4v) is 4.21. The molecule has 27 heavy (non-hydrogen) atoms. The van der Waals surface area contributed by atoms with Gasteiger partial charge in [0.25, 0.3) is 0 Å². The molecule has 0 aliphatic carbocycles. The van der Waals surface area contributed by atoms with E-state index in [1.807, 2.05) is 12.1 Å². The van der Waals surface area contributed by atoms with Crippen LogP contribution in [-0.4, -0.2) is 62.8 Å². The van der Waals surface area contributed by atoms with E-state index in [9.17, 15) is 0 Å². The summed E-state index contributed by atoms with van der Waals surface area (Å²) in [5.41, 5.74) is 0.971. The number of methoxy groups -OCH3 is 3. The molecular formula is C19H32IN3O3S. The van der Waals surface area contributed by atoms with Crippen molar-refractivity contribution in [2.75, 3.05) is 46.7 Å². The third kappa shape index (κ3) is 6.23. The predicted molar refractivity (Wildman–Crippen MR) is 124 cm³/mol. The minimum atomic E-state index is 0. The van der Waals surface area contributed by atoms with Crippen LogP contribution in [0.1, 0.15) is 25.8 Å². The van der Waals surface area contributed by atoms with Gasteiger partial charge < -0.3 is 24.4 Å². The molecule has 1 unspecified atom stereocenters. The van der Waals surface area contributed by atoms with Crippen LogP contribution in [0, 0.1) is 0 Å². The van der Waals surface area contributed by atoms with E-state index in [0.29, 0.717) is 29.0 Å². The van der Waals surface area contributed by atoms with Gasteiger partial charge in [-0.05, 0) is 25.5 Å². The van der Waals surface area contributed by atoms with Gasteiger partial charge in [0.05, 0.1) is 27.9 Å². The Hall–Kier alpha value is -1.03. The topological polar surface area (TPSA) is 55.3 Å². The average Bonchev–Trinajstić information content (AvgIpc) is 2.70. The predicted octanol–water partition coefficient (Wildman–Crippen LogP) is 3.62. The van der Waals surface area contributed by atoms with Gasteiger partial charge in [0, 0.05) is 36.2 Å². The van der Waals surface area contributed by atoms with Gasteiger partial charge in [0.1, 0.15) is 0 Å². The Labute approximate surface area is 184 Å². The van der Waals surface area contributed by atoms with Crippen molar-refractivity contribution >= 4 is 41.7 Å². The molecule has 0 saturated carbocycles. The molecule has 1 aromatic carbocycles. The second kappa shape index (κ2) is 12.4. The van der Waals surface area contributed by atoms with Crippen LogP contribution in [0.25, 0.3) is 0 Å². The first kappa shape index (κ1) is 24.0. The first-order chi connectivity index (χ1) is 12.7. The Bertz CT molecular complexity index is 616. The van der Waals surface area contributed by atoms with Crippen LogP contribution in [0.3, 0.4) is 0 Å². The molecule has 1 aromatic rings. The molecule has 0 aromatic heterocycles. The van der Waals surface area contributed by atoms with Crippen molar-refractivity contribution in [3.63, 3.8) is 0 Å². The summed E-state index contributed by atoms with van der Waals surface area (Å²) >= 11 is 2.06. The number of aliphatic imine (C=N–C) groups is 1. The molecular weight excluding hydrogens is 477 g/mol. The summed E-state index contributed by atoms with van der Waals surface area (Å²) in [4.78, 5) is 7.22. The molecule has 0 spiro atoms. The largest absolute Gasteiger partial charge is 0.493 e. The smallest absolute Gasteiger partial charge is 0.203 e. The number of guanidine groups is 1. The standard InChI is InChI=1S/C19H31N3O3S.HI/c1-6-15-13-22(10-11-26-15)19(20-7-2)21-12-14-8-9-16(23-3)18(25-5)17(14)24-4;/h8-9,15H,6-7,10-13H2,1-5H3,(H,20,21);1H. The Morgan fingerprint density at radius 3 is 2.52 bits per heavy atom. The van der Waals surface area contributed by atoms with Crippen LogP contribution in [-0.2, 0) is 6.54 Å². The number of benzene rings is 1. The molecule has 0 amide bonds. The molecule has 2 rings (SSSR count). The van der Waals surface area contributed by atoms with E-state index in [2.05, 4.69) is 35.8 Å². The number of nitrogens with one attached hydrogen (secondary N) is 1. The van der Waals surface area contributed by atoms with Crippen LogP contribution >= 0.6 is 35.7 Å². The number of nitrogens with zero attached hydrogens (tertiary/aromatic N) is 2. The van der Waals surface area contributed by atoms with Gasteiger partial charge in [0.2, 0.25) is 5.75 Å². The summed E-state index contributed by atoms with van der Waals surface area (Å²) in [6.07, 6.45) is 1.18. The summed E-state index contributed by atoms with van der Waals surface area (Å²) in [5, 5.41) is 4.10. The molecule has 1 heterocycles. The van der Waals surface area contributed by atoms with Crippen molar-refractivity contribution < 1.29 is 14.2 Å². The van der Waals surface area contributed by atoms with Crippen LogP contribution < -0.4 is 19.5 Å². The average molecular weight is 509 g/mol. The summed E-state index contributed by atoms with van der Waals surface area (Å²) in [5.74, 6) is 4.04. The van der Waals surface area contributed by atoms with Gasteiger partial charge in [-0.2, -0.15) is 11.8 Å². The summed E-state index contributed by atoms with van der Waals surface area (Å²) in [6, 6.07) is 3.87. The molecule has 6 nitrogen and oxygen atoms in total. The molecule has 1 aliphatic heterocycles. The van der Waals surface area contributed by atoms with Crippen LogP contribution in [0.2, 0.25) is 0 Å². The van der Waals surface area contributed by atoms with Crippen molar-refractivity contribution in [2.24, 2.45) is 4.99 Å². The highest BCUT2D eigenvalue weighted by molar-refractivity contribution is 14.0. The molecule has 1 fully saturated rings. The Morgan fingerprint density at radius 1 is 1.19 bits per heavy atom. The minimum Gasteiger partial charge on any atom is -0.493 e. The number of hydrogen-bond donors (Lipinski definition) is 1. The second-order valence-corrected chi connectivity index (χ2v) is 7.42. The van der Waals surface area contributed by atoms with E-state index < -0.39 is 0 Å². The first-order valence-corrected chi connectivity index (χ1v) is 10.2. The van der Waals surface area contributed by atoms with Crippen molar-refractivity contribution in [3.05, 3.63) is 17.7 Å². The van der Waals surface area contributed by atoms with E-state index in [4.69, 9.17) is 19.2 Å². The van der Waals surface area contributed by atoms with Crippen LogP contribution in [0.15, 0.2) is 17.1 Å². The Balaban J connectivity index is 0.00000364. The van der Waals surface area contributed by atoms with Gasteiger partial charge in [-0.25, -0.2) is 4.99 Å². The van der Waals surface area contributed by atoms with Gasteiger partial charge in [-0.15, -0.1) is 24.0 Å². The molecule has 1 saturated heterocycles. The number of thioether (sulfide) groups is 1. The van der Waals surface area contributed by atoms with Crippen molar-refractivity contribution in [1.29, 1.82) is 0 Å². The summed E-state index contributed by atoms with van der Waals surface area (Å²) in [6.45, 7) is 7.78. The van der Waals surface area contributed by atoms with Gasteiger partial charge in [0.15, 0.2) is 17.5 Å². The summed E-state index contributed by atoms with van der Waals surface area (Å²) in [7, 11) is 4.88. The van der Waals surface area contributed by atoms with Crippen molar-refractivity contribution in [3.8, 4) is 17.2 Å². The molecule has 0 bridgehead atoms. The maximum atomic E-state index is 5.57. The highest BCUT2D eigenvalue weighted by Gasteiger charge is 2.22. The SMILES string of the molecule is CCNC(=NCc1ccc(OC)c(OC)c1OC)N1CCSC(CC)C1.I. The number of rotatable bonds is 7. The lowest BCUT2D eigenvalue weighted by molar-refractivity contribution is 0.322. The fourth-order valence-electron chi connectivity index (χ4n) is 3.03. The highest BCUT2D eigenvalue weighted by atomic mass is 127. The zero-order chi connectivity index (χ0) is 18.9. The van der Waals surface area contributed by atoms with Gasteiger partial charge in [-0.1, -0.05) is 6.92 Å². The molecule has 1 N–H and O–H groups in total. The van der Waals surface area contributed by atoms with E-state index >= 15 is 0 Å². The molecule has 154 valence electrons. The monoisotopic (exact) mass is 509 g/mol. The molecule has 1 aliphatic rings. The third-order valence-electron chi connectivity index (χ3n) is 4.41. The normalized spacial score (nSPS) is 17.1. The Kier molecular flexibility index (Phi) is 11.1. The number of hydrogen-bond acceptors (Lipinski definition) is 5. The van der Waals surface area contributed by atoms with E-state index in [1.54, 1.807) is 21.3 Å². The fraction of sp³-hybridized carbons (Fsp3) is 0.632. The number of halogens is 1. The molecule has 1 atom stereocenters. The second-order valence-electron chi connectivity index (χ2n) is 6.01. The maximum Gasteiger partial charge on any atom is 0.203 e. The van der Waals surface area contributed by atoms with E-state index in [0.717, 1.165) is 36.9 Å². The summed E-state index contributed by atoms with van der Waals surface area (Å²) < 4.78 is 16.4. The quantitative estimate of drug-likeness (QED) is 0.344. The van der Waals surface area contributed by atoms with Gasteiger partial charge in [-0.3, -0.25) is 0 Å². The van der Waals surface area contributed by atoms with Crippen LogP contribution in [0.4, 0.5) is 0 Å². The van der Waals surface area contributed by atoms with Crippen molar-refractivity contribution in [1.82, 2.24) is 10.2 Å². The zero-order valence-corrected chi connectivity index (χ0v) is 20.1. The molecule has 0 radical (unpaired) electrons.